The first-order chi connectivity index (χ1) is 6.61. The highest BCUT2D eigenvalue weighted by molar-refractivity contribution is 5.79. The molecule has 0 aliphatic rings. The summed E-state index contributed by atoms with van der Waals surface area (Å²) in [5.74, 6) is 0.166. The Morgan fingerprint density at radius 3 is 2.50 bits per heavy atom. The van der Waals surface area contributed by atoms with Crippen molar-refractivity contribution in [2.75, 3.05) is 0 Å². The number of carbonyl (C=O) groups is 1. The van der Waals surface area contributed by atoms with Gasteiger partial charge in [-0.15, -0.1) is 0 Å². The summed E-state index contributed by atoms with van der Waals surface area (Å²) in [5, 5.41) is 8.53. The molecule has 2 heteroatoms. The monoisotopic (exact) mass is 198 g/mol. The lowest BCUT2D eigenvalue weighted by Crippen LogP contribution is -2.08. The Balaban J connectivity index is 4.04. The number of hydrogen-bond acceptors (Lipinski definition) is 1. The van der Waals surface area contributed by atoms with E-state index in [-0.39, 0.29) is 0 Å². The number of hydrogen-bond donors (Lipinski definition) is 1. The molecule has 0 saturated carbocycles. The molecule has 0 aromatic heterocycles. The van der Waals surface area contributed by atoms with E-state index in [1.54, 1.807) is 0 Å². The van der Waals surface area contributed by atoms with Gasteiger partial charge in [0.05, 0.1) is 0 Å². The summed E-state index contributed by atoms with van der Waals surface area (Å²) in [5.41, 5.74) is 0. The van der Waals surface area contributed by atoms with E-state index in [9.17, 15) is 4.79 Å². The Bertz CT molecular complexity index is 185. The van der Waals surface area contributed by atoms with Crippen LogP contribution in [0.2, 0.25) is 0 Å². The van der Waals surface area contributed by atoms with Crippen molar-refractivity contribution in [3.8, 4) is 0 Å². The van der Waals surface area contributed by atoms with Crippen molar-refractivity contribution in [1.82, 2.24) is 0 Å². The van der Waals surface area contributed by atoms with Crippen molar-refractivity contribution in [2.24, 2.45) is 11.8 Å². The summed E-state index contributed by atoms with van der Waals surface area (Å²) < 4.78 is 0. The fourth-order valence-electron chi connectivity index (χ4n) is 1.67. The van der Waals surface area contributed by atoms with Crippen LogP contribution in [-0.2, 0) is 4.79 Å². The summed E-state index contributed by atoms with van der Waals surface area (Å²) in [6, 6.07) is 0. The third kappa shape index (κ3) is 5.79. The maximum atomic E-state index is 10.4. The van der Waals surface area contributed by atoms with Gasteiger partial charge < -0.3 is 5.11 Å². The minimum atomic E-state index is -0.842. The highest BCUT2D eigenvalue weighted by Gasteiger charge is 2.11. The SMILES string of the molecule is CCCCC(C)C(C=CC(=O)O)CC. The lowest BCUT2D eigenvalue weighted by Gasteiger charge is -2.18. The van der Waals surface area contributed by atoms with Gasteiger partial charge in [0.1, 0.15) is 0 Å². The van der Waals surface area contributed by atoms with Gasteiger partial charge in [0.25, 0.3) is 0 Å². The van der Waals surface area contributed by atoms with Gasteiger partial charge in [0.2, 0.25) is 0 Å². The summed E-state index contributed by atoms with van der Waals surface area (Å²) in [6.07, 6.45) is 7.77. The zero-order valence-corrected chi connectivity index (χ0v) is 9.49. The summed E-state index contributed by atoms with van der Waals surface area (Å²) in [4.78, 5) is 10.4. The van der Waals surface area contributed by atoms with Crippen molar-refractivity contribution < 1.29 is 9.90 Å². The standard InChI is InChI=1S/C12H22O2/c1-4-6-7-10(3)11(5-2)8-9-12(13)14/h8-11H,4-7H2,1-3H3,(H,13,14). The molecule has 0 bridgehead atoms. The average Bonchev–Trinajstić information content (AvgIpc) is 2.15. The highest BCUT2D eigenvalue weighted by Crippen LogP contribution is 2.22. The second-order valence-corrected chi connectivity index (χ2v) is 3.89. The van der Waals surface area contributed by atoms with Crippen molar-refractivity contribution in [3.05, 3.63) is 12.2 Å². The van der Waals surface area contributed by atoms with E-state index in [0.29, 0.717) is 11.8 Å². The zero-order valence-electron chi connectivity index (χ0n) is 9.49. The number of carboxylic acid groups (broad SMARTS) is 1. The molecule has 2 unspecified atom stereocenters. The van der Waals surface area contributed by atoms with Crippen LogP contribution in [0.3, 0.4) is 0 Å². The minimum Gasteiger partial charge on any atom is -0.478 e. The van der Waals surface area contributed by atoms with E-state index in [1.807, 2.05) is 6.08 Å². The van der Waals surface area contributed by atoms with Gasteiger partial charge in [-0.1, -0.05) is 46.1 Å². The number of unbranched alkanes of at least 4 members (excludes halogenated alkanes) is 1. The van der Waals surface area contributed by atoms with Crippen LogP contribution in [0.25, 0.3) is 0 Å². The predicted octanol–water partition coefficient (Wildman–Crippen LogP) is 3.48. The van der Waals surface area contributed by atoms with Crippen LogP contribution in [-0.4, -0.2) is 11.1 Å². The molecule has 0 spiro atoms. The molecule has 14 heavy (non-hydrogen) atoms. The Labute approximate surface area is 87.0 Å². The Hall–Kier alpha value is -0.790. The first-order valence-corrected chi connectivity index (χ1v) is 5.52. The first kappa shape index (κ1) is 13.2. The maximum absolute atomic E-state index is 10.4. The summed E-state index contributed by atoms with van der Waals surface area (Å²) in [6.45, 7) is 6.50. The molecule has 0 aromatic carbocycles. The zero-order chi connectivity index (χ0) is 11.0. The van der Waals surface area contributed by atoms with Crippen molar-refractivity contribution in [2.45, 2.75) is 46.5 Å². The molecule has 0 rings (SSSR count). The Morgan fingerprint density at radius 1 is 1.43 bits per heavy atom. The van der Waals surface area contributed by atoms with Crippen LogP contribution in [0.15, 0.2) is 12.2 Å². The van der Waals surface area contributed by atoms with E-state index in [1.165, 1.54) is 25.3 Å². The van der Waals surface area contributed by atoms with E-state index in [4.69, 9.17) is 5.11 Å². The van der Waals surface area contributed by atoms with E-state index >= 15 is 0 Å². The third-order valence-corrected chi connectivity index (χ3v) is 2.70. The highest BCUT2D eigenvalue weighted by atomic mass is 16.4. The molecule has 0 saturated heterocycles. The van der Waals surface area contributed by atoms with E-state index in [2.05, 4.69) is 20.8 Å². The molecule has 2 nitrogen and oxygen atoms in total. The van der Waals surface area contributed by atoms with Crippen LogP contribution in [0.5, 0.6) is 0 Å². The van der Waals surface area contributed by atoms with Crippen molar-refractivity contribution in [3.63, 3.8) is 0 Å². The number of carboxylic acids is 1. The number of aliphatic carboxylic acids is 1. The maximum Gasteiger partial charge on any atom is 0.327 e. The van der Waals surface area contributed by atoms with Gasteiger partial charge in [-0.2, -0.15) is 0 Å². The molecule has 0 aliphatic heterocycles. The predicted molar refractivity (Wildman–Crippen MR) is 59.2 cm³/mol. The first-order valence-electron chi connectivity index (χ1n) is 5.52. The van der Waals surface area contributed by atoms with E-state index < -0.39 is 5.97 Å². The molecule has 0 fully saturated rings. The second-order valence-electron chi connectivity index (χ2n) is 3.89. The molecule has 0 aliphatic carbocycles. The summed E-state index contributed by atoms with van der Waals surface area (Å²) in [7, 11) is 0. The largest absolute Gasteiger partial charge is 0.478 e. The average molecular weight is 198 g/mol. The second kappa shape index (κ2) is 7.60. The van der Waals surface area contributed by atoms with Gasteiger partial charge in [-0.05, 0) is 18.3 Å². The van der Waals surface area contributed by atoms with Crippen LogP contribution in [0, 0.1) is 11.8 Å². The van der Waals surface area contributed by atoms with Crippen LogP contribution >= 0.6 is 0 Å². The minimum absolute atomic E-state index is 0.414. The Morgan fingerprint density at radius 2 is 2.07 bits per heavy atom. The van der Waals surface area contributed by atoms with Gasteiger partial charge in [0.15, 0.2) is 0 Å². The quantitative estimate of drug-likeness (QED) is 0.636. The molecule has 0 aromatic rings. The fourth-order valence-corrected chi connectivity index (χ4v) is 1.67. The molecule has 2 atom stereocenters. The fraction of sp³-hybridized carbons (Fsp3) is 0.750. The topological polar surface area (TPSA) is 37.3 Å². The Kier molecular flexibility index (Phi) is 7.17. The molecule has 0 heterocycles. The lowest BCUT2D eigenvalue weighted by molar-refractivity contribution is -0.131. The van der Waals surface area contributed by atoms with Crippen LogP contribution in [0.4, 0.5) is 0 Å². The van der Waals surface area contributed by atoms with Crippen molar-refractivity contribution in [1.29, 1.82) is 0 Å². The molecular formula is C12H22O2. The molecule has 0 amide bonds. The van der Waals surface area contributed by atoms with Gasteiger partial charge in [-0.3, -0.25) is 0 Å². The molecule has 82 valence electrons. The number of allylic oxidation sites excluding steroid dienone is 1. The van der Waals surface area contributed by atoms with E-state index in [0.717, 1.165) is 6.42 Å². The van der Waals surface area contributed by atoms with Crippen molar-refractivity contribution >= 4 is 5.97 Å². The smallest absolute Gasteiger partial charge is 0.327 e. The normalized spacial score (nSPS) is 15.6. The molecule has 0 radical (unpaired) electrons. The molecule has 1 N–H and O–H groups in total. The number of rotatable bonds is 7. The van der Waals surface area contributed by atoms with Gasteiger partial charge >= 0.3 is 5.97 Å². The van der Waals surface area contributed by atoms with Gasteiger partial charge in [-0.25, -0.2) is 4.79 Å². The van der Waals surface area contributed by atoms with Crippen LogP contribution < -0.4 is 0 Å². The lowest BCUT2D eigenvalue weighted by atomic mass is 9.87. The van der Waals surface area contributed by atoms with Crippen LogP contribution in [0.1, 0.15) is 46.5 Å². The molecular weight excluding hydrogens is 176 g/mol. The third-order valence-electron chi connectivity index (χ3n) is 2.70. The van der Waals surface area contributed by atoms with Gasteiger partial charge in [0, 0.05) is 6.08 Å². The summed E-state index contributed by atoms with van der Waals surface area (Å²) >= 11 is 0.